The molecular formula is C26H35FN2O3. The van der Waals surface area contributed by atoms with Gasteiger partial charge >= 0.3 is 0 Å². The van der Waals surface area contributed by atoms with Crippen LogP contribution >= 0.6 is 0 Å². The van der Waals surface area contributed by atoms with Gasteiger partial charge in [0.1, 0.15) is 17.6 Å². The fraction of sp³-hybridized carbons (Fsp3) is 0.538. The molecule has 0 spiro atoms. The second-order valence-electron chi connectivity index (χ2n) is 8.92. The fourth-order valence-electron chi connectivity index (χ4n) is 4.08. The molecule has 1 aliphatic rings. The predicted molar refractivity (Wildman–Crippen MR) is 125 cm³/mol. The first-order chi connectivity index (χ1) is 15.4. The maximum Gasteiger partial charge on any atom is 0.167 e. The van der Waals surface area contributed by atoms with Gasteiger partial charge in [-0.25, -0.2) is 4.39 Å². The number of hydrogen-bond donors (Lipinski definition) is 1. The van der Waals surface area contributed by atoms with Crippen molar-refractivity contribution < 1.29 is 19.0 Å². The van der Waals surface area contributed by atoms with Gasteiger partial charge < -0.3 is 14.7 Å². The lowest BCUT2D eigenvalue weighted by Crippen LogP contribution is -2.25. The summed E-state index contributed by atoms with van der Waals surface area (Å²) >= 11 is 0. The van der Waals surface area contributed by atoms with Gasteiger partial charge in [-0.15, -0.1) is 0 Å². The number of pyridine rings is 1. The van der Waals surface area contributed by atoms with Gasteiger partial charge in [-0.1, -0.05) is 39.3 Å². The molecule has 1 aromatic carbocycles. The van der Waals surface area contributed by atoms with Crippen molar-refractivity contribution in [3.63, 3.8) is 0 Å². The molecule has 0 bridgehead atoms. The minimum Gasteiger partial charge on any atom is -0.489 e. The van der Waals surface area contributed by atoms with Crippen molar-refractivity contribution >= 4 is 11.5 Å². The van der Waals surface area contributed by atoms with Crippen LogP contribution in [0.2, 0.25) is 0 Å². The molecule has 2 heterocycles. The number of aryl methyl sites for hydroxylation is 1. The number of halogens is 1. The van der Waals surface area contributed by atoms with E-state index in [1.54, 1.807) is 12.3 Å². The average molecular weight is 443 g/mol. The average Bonchev–Trinajstić information content (AvgIpc) is 3.26. The maximum atomic E-state index is 14.9. The lowest BCUT2D eigenvalue weighted by atomic mass is 9.91. The summed E-state index contributed by atoms with van der Waals surface area (Å²) in [4.78, 5) is 18.6. The third-order valence-electron chi connectivity index (χ3n) is 6.22. The Morgan fingerprint density at radius 3 is 2.72 bits per heavy atom. The highest BCUT2D eigenvalue weighted by atomic mass is 19.1. The largest absolute Gasteiger partial charge is 0.489 e. The van der Waals surface area contributed by atoms with Crippen molar-refractivity contribution in [1.82, 2.24) is 4.98 Å². The van der Waals surface area contributed by atoms with Crippen LogP contribution in [0.3, 0.4) is 0 Å². The summed E-state index contributed by atoms with van der Waals surface area (Å²) in [7, 11) is 0. The monoisotopic (exact) mass is 442 g/mol. The third-order valence-corrected chi connectivity index (χ3v) is 6.22. The van der Waals surface area contributed by atoms with Crippen molar-refractivity contribution in [3.8, 4) is 5.75 Å². The number of ketones is 1. The molecule has 0 saturated carbocycles. The molecule has 1 aromatic heterocycles. The number of Topliss-reactive ketones (excluding diaryl/α,β-unsaturated/α-hetero) is 1. The standard InChI is InChI=1S/C26H35FN2O3/c1-4-5-6-23-26(27)24(11-13-28-23)29-14-12-22(16-29)32-21-9-7-20(8-10-21)19(3)25(31)15-18(2)17-30/h7-11,13,18-19,22,30H,4-6,12,14-17H2,1-3H3. The zero-order valence-corrected chi connectivity index (χ0v) is 19.4. The fourth-order valence-corrected chi connectivity index (χ4v) is 4.08. The minimum atomic E-state index is -0.211. The molecule has 0 aliphatic carbocycles. The number of nitrogens with zero attached hydrogens (tertiary/aromatic N) is 2. The van der Waals surface area contributed by atoms with Crippen molar-refractivity contribution in [3.05, 3.63) is 53.6 Å². The number of ether oxygens (including phenoxy) is 1. The highest BCUT2D eigenvalue weighted by Gasteiger charge is 2.27. The van der Waals surface area contributed by atoms with Gasteiger partial charge in [-0.2, -0.15) is 0 Å². The van der Waals surface area contributed by atoms with Gasteiger partial charge in [0.25, 0.3) is 0 Å². The molecule has 1 saturated heterocycles. The van der Waals surface area contributed by atoms with Gasteiger partial charge in [0.2, 0.25) is 0 Å². The Kier molecular flexibility index (Phi) is 8.62. The molecule has 6 heteroatoms. The summed E-state index contributed by atoms with van der Waals surface area (Å²) in [6, 6.07) is 9.39. The topological polar surface area (TPSA) is 62.7 Å². The van der Waals surface area contributed by atoms with Crippen molar-refractivity contribution in [1.29, 1.82) is 0 Å². The van der Waals surface area contributed by atoms with Gasteiger partial charge in [-0.3, -0.25) is 9.78 Å². The van der Waals surface area contributed by atoms with Gasteiger partial charge in [0.15, 0.2) is 5.82 Å². The summed E-state index contributed by atoms with van der Waals surface area (Å²) in [6.07, 6.45) is 5.48. The first-order valence-corrected chi connectivity index (χ1v) is 11.7. The molecule has 0 radical (unpaired) electrons. The zero-order valence-electron chi connectivity index (χ0n) is 19.4. The molecule has 1 aliphatic heterocycles. The van der Waals surface area contributed by atoms with Crippen LogP contribution in [0.15, 0.2) is 36.5 Å². The van der Waals surface area contributed by atoms with E-state index in [0.29, 0.717) is 30.8 Å². The second-order valence-corrected chi connectivity index (χ2v) is 8.92. The summed E-state index contributed by atoms with van der Waals surface area (Å²) < 4.78 is 21.0. The van der Waals surface area contributed by atoms with E-state index in [9.17, 15) is 9.18 Å². The van der Waals surface area contributed by atoms with Crippen molar-refractivity contribution in [2.24, 2.45) is 5.92 Å². The highest BCUT2D eigenvalue weighted by molar-refractivity contribution is 5.85. The number of carbonyl (C=O) groups is 1. The Balaban J connectivity index is 1.57. The van der Waals surface area contributed by atoms with Crippen LogP contribution in [0, 0.1) is 11.7 Å². The Bertz CT molecular complexity index is 887. The zero-order chi connectivity index (χ0) is 23.1. The van der Waals surface area contributed by atoms with E-state index in [2.05, 4.69) is 11.9 Å². The Morgan fingerprint density at radius 1 is 1.28 bits per heavy atom. The number of aromatic nitrogens is 1. The smallest absolute Gasteiger partial charge is 0.167 e. The van der Waals surface area contributed by atoms with Crippen molar-refractivity contribution in [2.45, 2.75) is 64.9 Å². The molecular weight excluding hydrogens is 407 g/mol. The molecule has 32 heavy (non-hydrogen) atoms. The number of benzene rings is 1. The highest BCUT2D eigenvalue weighted by Crippen LogP contribution is 2.28. The Hall–Kier alpha value is -2.47. The summed E-state index contributed by atoms with van der Waals surface area (Å²) in [5.74, 6) is 0.440. The van der Waals surface area contributed by atoms with Crippen LogP contribution in [-0.4, -0.2) is 41.7 Å². The molecule has 1 fully saturated rings. The van der Waals surface area contributed by atoms with Gasteiger partial charge in [0.05, 0.1) is 17.9 Å². The number of carbonyl (C=O) groups excluding carboxylic acids is 1. The number of rotatable bonds is 11. The van der Waals surface area contributed by atoms with Crippen LogP contribution < -0.4 is 9.64 Å². The van der Waals surface area contributed by atoms with E-state index in [4.69, 9.17) is 9.84 Å². The number of unbranched alkanes of at least 4 members (excludes halogenated alkanes) is 1. The quantitative estimate of drug-likeness (QED) is 0.536. The van der Waals surface area contributed by atoms with E-state index < -0.39 is 0 Å². The number of aliphatic hydroxyl groups excluding tert-OH is 1. The molecule has 3 atom stereocenters. The molecule has 174 valence electrons. The molecule has 3 unspecified atom stereocenters. The minimum absolute atomic E-state index is 0.0167. The van der Waals surface area contributed by atoms with Gasteiger partial charge in [-0.05, 0) is 42.5 Å². The van der Waals surface area contributed by atoms with E-state index in [0.717, 1.165) is 37.1 Å². The third kappa shape index (κ3) is 6.06. The van der Waals surface area contributed by atoms with E-state index in [-0.39, 0.29) is 36.1 Å². The molecule has 0 amide bonds. The number of anilines is 1. The number of aliphatic hydroxyl groups is 1. The van der Waals surface area contributed by atoms with Crippen LogP contribution in [0.1, 0.15) is 63.6 Å². The Morgan fingerprint density at radius 2 is 2.03 bits per heavy atom. The van der Waals surface area contributed by atoms with E-state index >= 15 is 0 Å². The first-order valence-electron chi connectivity index (χ1n) is 11.7. The van der Waals surface area contributed by atoms with Crippen molar-refractivity contribution in [2.75, 3.05) is 24.6 Å². The summed E-state index contributed by atoms with van der Waals surface area (Å²) in [6.45, 7) is 7.25. The summed E-state index contributed by atoms with van der Waals surface area (Å²) in [5.41, 5.74) is 2.09. The first kappa shape index (κ1) is 24.2. The lowest BCUT2D eigenvalue weighted by Gasteiger charge is -2.21. The van der Waals surface area contributed by atoms with Crippen LogP contribution in [0.4, 0.5) is 10.1 Å². The predicted octanol–water partition coefficient (Wildman–Crippen LogP) is 4.91. The molecule has 5 nitrogen and oxygen atoms in total. The van der Waals surface area contributed by atoms with E-state index in [1.807, 2.05) is 43.0 Å². The lowest BCUT2D eigenvalue weighted by molar-refractivity contribution is -0.121. The second kappa shape index (κ2) is 11.4. The number of hydrogen-bond acceptors (Lipinski definition) is 5. The van der Waals surface area contributed by atoms with Gasteiger partial charge in [0, 0.05) is 38.1 Å². The van der Waals surface area contributed by atoms with Crippen LogP contribution in [0.25, 0.3) is 0 Å². The van der Waals surface area contributed by atoms with E-state index in [1.165, 1.54) is 0 Å². The molecule has 3 rings (SSSR count). The maximum absolute atomic E-state index is 14.9. The Labute approximate surface area is 190 Å². The normalized spacial score (nSPS) is 17.9. The van der Waals surface area contributed by atoms with Crippen LogP contribution in [-0.2, 0) is 11.2 Å². The SMILES string of the molecule is CCCCc1nccc(N2CCC(Oc3ccc(C(C)C(=O)CC(C)CO)cc3)C2)c1F. The summed E-state index contributed by atoms with van der Waals surface area (Å²) in [5, 5.41) is 9.17. The van der Waals surface area contributed by atoms with Crippen LogP contribution in [0.5, 0.6) is 5.75 Å². The molecule has 1 N–H and O–H groups in total. The molecule has 2 aromatic rings.